The van der Waals surface area contributed by atoms with Crippen molar-refractivity contribution in [2.75, 3.05) is 0 Å². The van der Waals surface area contributed by atoms with E-state index in [4.69, 9.17) is 0 Å². The third-order valence-corrected chi connectivity index (χ3v) is 3.63. The zero-order valence-electron chi connectivity index (χ0n) is 7.66. The maximum Gasteiger partial charge on any atom is 0.119 e. The normalized spacial score (nSPS) is 30.2. The summed E-state index contributed by atoms with van der Waals surface area (Å²) in [4.78, 5) is 0. The minimum Gasteiger partial charge on any atom is -0.508 e. The molecule has 0 aliphatic heterocycles. The molecule has 0 aromatic heterocycles. The van der Waals surface area contributed by atoms with Crippen molar-refractivity contribution >= 4 is 0 Å². The monoisotopic (exact) mass is 174 g/mol. The first-order valence-electron chi connectivity index (χ1n) is 5.15. The molecule has 1 aromatic rings. The Labute approximate surface area is 78.4 Å². The van der Waals surface area contributed by atoms with Crippen LogP contribution >= 0.6 is 0 Å². The van der Waals surface area contributed by atoms with Crippen molar-refractivity contribution in [2.45, 2.75) is 31.6 Å². The molecule has 0 saturated heterocycles. The third kappa shape index (κ3) is 0.995. The summed E-state index contributed by atoms with van der Waals surface area (Å²) in [7, 11) is 0. The van der Waals surface area contributed by atoms with E-state index in [1.807, 2.05) is 12.1 Å². The number of rotatable bonds is 0. The van der Waals surface area contributed by atoms with E-state index in [2.05, 4.69) is 6.07 Å². The molecule has 0 amide bonds. The molecule has 13 heavy (non-hydrogen) atoms. The average Bonchev–Trinajstić information content (AvgIpc) is 2.48. The predicted molar refractivity (Wildman–Crippen MR) is 51.9 cm³/mol. The summed E-state index contributed by atoms with van der Waals surface area (Å²) in [6.45, 7) is 0. The second-order valence-electron chi connectivity index (χ2n) is 4.43. The predicted octanol–water partition coefficient (Wildman–Crippen LogP) is 2.83. The topological polar surface area (TPSA) is 20.2 Å². The van der Waals surface area contributed by atoms with Gasteiger partial charge in [0.1, 0.15) is 5.75 Å². The van der Waals surface area contributed by atoms with Crippen molar-refractivity contribution in [3.8, 4) is 5.75 Å². The van der Waals surface area contributed by atoms with Crippen LogP contribution in [-0.4, -0.2) is 5.11 Å². The lowest BCUT2D eigenvalue weighted by atomic mass is 9.82. The van der Waals surface area contributed by atoms with Crippen LogP contribution in [0.2, 0.25) is 0 Å². The van der Waals surface area contributed by atoms with Crippen molar-refractivity contribution in [3.63, 3.8) is 0 Å². The molecule has 1 aromatic carbocycles. The Kier molecular flexibility index (Phi) is 1.43. The molecule has 68 valence electrons. The van der Waals surface area contributed by atoms with E-state index < -0.39 is 0 Å². The molecule has 1 fully saturated rings. The maximum absolute atomic E-state index is 9.78. The summed E-state index contributed by atoms with van der Waals surface area (Å²) >= 11 is 0. The second kappa shape index (κ2) is 2.50. The molecule has 0 radical (unpaired) electrons. The van der Waals surface area contributed by atoms with Crippen LogP contribution in [0.3, 0.4) is 0 Å². The molecule has 0 spiro atoms. The first-order valence-corrected chi connectivity index (χ1v) is 5.15. The molecule has 1 saturated carbocycles. The van der Waals surface area contributed by atoms with E-state index in [-0.39, 0.29) is 0 Å². The molecule has 2 atom stereocenters. The fourth-order valence-corrected chi connectivity index (χ4v) is 3.08. The minimum atomic E-state index is 0.530. The molecule has 0 heterocycles. The summed E-state index contributed by atoms with van der Waals surface area (Å²) in [5, 5.41) is 9.78. The van der Waals surface area contributed by atoms with Crippen LogP contribution in [0.25, 0.3) is 0 Å². The molecular formula is C12H14O. The van der Waals surface area contributed by atoms with E-state index in [0.29, 0.717) is 11.7 Å². The second-order valence-corrected chi connectivity index (χ2v) is 4.43. The van der Waals surface area contributed by atoms with Gasteiger partial charge in [-0.05, 0) is 49.1 Å². The molecule has 1 nitrogen and oxygen atoms in total. The van der Waals surface area contributed by atoms with E-state index in [9.17, 15) is 5.11 Å². The molecule has 2 aliphatic rings. The van der Waals surface area contributed by atoms with Gasteiger partial charge in [-0.25, -0.2) is 0 Å². The quantitative estimate of drug-likeness (QED) is 0.641. The first kappa shape index (κ1) is 7.43. The van der Waals surface area contributed by atoms with Crippen LogP contribution in [0.5, 0.6) is 5.75 Å². The standard InChI is InChI=1S/C12H14O/c13-11-3-1-2-9-6-8-4-5-10(7-8)12(9)11/h1-3,8,10,13H,4-7H2. The molecule has 3 rings (SSSR count). The number of phenols is 1. The fourth-order valence-electron chi connectivity index (χ4n) is 3.08. The van der Waals surface area contributed by atoms with Crippen molar-refractivity contribution in [1.82, 2.24) is 0 Å². The maximum atomic E-state index is 9.78. The Morgan fingerprint density at radius 2 is 2.15 bits per heavy atom. The van der Waals surface area contributed by atoms with Crippen LogP contribution in [0, 0.1) is 5.92 Å². The van der Waals surface area contributed by atoms with E-state index >= 15 is 0 Å². The number of aromatic hydroxyl groups is 1. The number of phenolic OH excluding ortho intramolecular Hbond substituents is 1. The van der Waals surface area contributed by atoms with Gasteiger partial charge in [0.05, 0.1) is 0 Å². The van der Waals surface area contributed by atoms with Crippen molar-refractivity contribution in [3.05, 3.63) is 29.3 Å². The molecule has 1 heteroatoms. The zero-order chi connectivity index (χ0) is 8.84. The highest BCUT2D eigenvalue weighted by atomic mass is 16.3. The molecule has 2 aliphatic carbocycles. The minimum absolute atomic E-state index is 0.530. The highest BCUT2D eigenvalue weighted by molar-refractivity contribution is 5.44. The molecule has 2 bridgehead atoms. The smallest absolute Gasteiger partial charge is 0.119 e. The van der Waals surface area contributed by atoms with Gasteiger partial charge >= 0.3 is 0 Å². The van der Waals surface area contributed by atoms with Gasteiger partial charge in [-0.15, -0.1) is 0 Å². The largest absolute Gasteiger partial charge is 0.508 e. The van der Waals surface area contributed by atoms with Crippen LogP contribution < -0.4 is 0 Å². The van der Waals surface area contributed by atoms with Crippen molar-refractivity contribution in [1.29, 1.82) is 0 Å². The number of hydrogen-bond donors (Lipinski definition) is 1. The van der Waals surface area contributed by atoms with Gasteiger partial charge in [0, 0.05) is 5.56 Å². The van der Waals surface area contributed by atoms with Crippen molar-refractivity contribution in [2.24, 2.45) is 5.92 Å². The van der Waals surface area contributed by atoms with Gasteiger partial charge in [0.25, 0.3) is 0 Å². The first-order chi connectivity index (χ1) is 6.34. The Bertz CT molecular complexity index is 343. The van der Waals surface area contributed by atoms with Gasteiger partial charge in [-0.1, -0.05) is 12.1 Å². The lowest BCUT2D eigenvalue weighted by Gasteiger charge is -2.23. The highest BCUT2D eigenvalue weighted by Gasteiger charge is 2.34. The number of benzene rings is 1. The Morgan fingerprint density at radius 3 is 3.08 bits per heavy atom. The third-order valence-electron chi connectivity index (χ3n) is 3.63. The summed E-state index contributed by atoms with van der Waals surface area (Å²) in [5.41, 5.74) is 2.66. The van der Waals surface area contributed by atoms with Crippen LogP contribution in [-0.2, 0) is 6.42 Å². The van der Waals surface area contributed by atoms with Crippen molar-refractivity contribution < 1.29 is 5.11 Å². The fraction of sp³-hybridized carbons (Fsp3) is 0.500. The summed E-state index contributed by atoms with van der Waals surface area (Å²) < 4.78 is 0. The Morgan fingerprint density at radius 1 is 1.23 bits per heavy atom. The Balaban J connectivity index is 2.17. The number of hydrogen-bond acceptors (Lipinski definition) is 1. The van der Waals surface area contributed by atoms with Crippen LogP contribution in [0.15, 0.2) is 18.2 Å². The van der Waals surface area contributed by atoms with E-state index in [1.165, 1.54) is 36.8 Å². The lowest BCUT2D eigenvalue weighted by Crippen LogP contribution is -2.10. The molecular weight excluding hydrogens is 160 g/mol. The summed E-state index contributed by atoms with van der Waals surface area (Å²) in [5.74, 6) is 2.09. The SMILES string of the molecule is Oc1cccc2c1C1CCC(C2)C1. The van der Waals surface area contributed by atoms with Crippen LogP contribution in [0.4, 0.5) is 0 Å². The van der Waals surface area contributed by atoms with E-state index in [1.54, 1.807) is 0 Å². The lowest BCUT2D eigenvalue weighted by molar-refractivity contribution is 0.445. The van der Waals surface area contributed by atoms with E-state index in [0.717, 1.165) is 5.92 Å². The van der Waals surface area contributed by atoms with Gasteiger partial charge in [0.15, 0.2) is 0 Å². The molecule has 1 N–H and O–H groups in total. The summed E-state index contributed by atoms with van der Waals surface area (Å²) in [6, 6.07) is 5.98. The number of fused-ring (bicyclic) bond motifs is 4. The average molecular weight is 174 g/mol. The van der Waals surface area contributed by atoms with Gasteiger partial charge in [-0.3, -0.25) is 0 Å². The summed E-state index contributed by atoms with van der Waals surface area (Å²) in [6.07, 6.45) is 5.15. The zero-order valence-corrected chi connectivity index (χ0v) is 7.66. The van der Waals surface area contributed by atoms with Gasteiger partial charge in [0.2, 0.25) is 0 Å². The highest BCUT2D eigenvalue weighted by Crippen LogP contribution is 2.48. The van der Waals surface area contributed by atoms with Gasteiger partial charge < -0.3 is 5.11 Å². The van der Waals surface area contributed by atoms with Crippen LogP contribution in [0.1, 0.15) is 36.3 Å². The molecule has 2 unspecified atom stereocenters. The van der Waals surface area contributed by atoms with Gasteiger partial charge in [-0.2, -0.15) is 0 Å². The Hall–Kier alpha value is -0.980.